The molecule has 132 valence electrons. The molecule has 0 bridgehead atoms. The molecule has 2 amide bonds. The van der Waals surface area contributed by atoms with E-state index in [2.05, 4.69) is 10.6 Å². The minimum Gasteiger partial charge on any atom is -0.444 e. The Hall–Kier alpha value is -2.59. The Kier molecular flexibility index (Phi) is 5.99. The van der Waals surface area contributed by atoms with Crippen LogP contribution in [0.4, 0.5) is 4.79 Å². The summed E-state index contributed by atoms with van der Waals surface area (Å²) in [7, 11) is 0. The topological polar surface area (TPSA) is 91.2 Å². The average Bonchev–Trinajstić information content (AvgIpc) is 2.93. The SMILES string of the molecule is CC(C)(C)OC(=O)N[C@@H](Cc1csc2ccccc12)C(=O)NCC#N. The third-order valence-electron chi connectivity index (χ3n) is 3.33. The molecule has 6 nitrogen and oxygen atoms in total. The van der Waals surface area contributed by atoms with Gasteiger partial charge in [0.15, 0.2) is 0 Å². The van der Waals surface area contributed by atoms with Crippen LogP contribution in [0.15, 0.2) is 29.6 Å². The number of nitriles is 1. The number of amides is 2. The van der Waals surface area contributed by atoms with E-state index in [0.717, 1.165) is 15.6 Å². The van der Waals surface area contributed by atoms with Crippen molar-refractivity contribution < 1.29 is 14.3 Å². The number of carbonyl (C=O) groups is 2. The predicted octanol–water partition coefficient (Wildman–Crippen LogP) is 2.98. The number of thiophene rings is 1. The van der Waals surface area contributed by atoms with E-state index >= 15 is 0 Å². The first-order valence-electron chi connectivity index (χ1n) is 7.89. The minimum absolute atomic E-state index is 0.115. The molecule has 0 spiro atoms. The zero-order valence-electron chi connectivity index (χ0n) is 14.5. The van der Waals surface area contributed by atoms with Crippen molar-refractivity contribution in [3.8, 4) is 6.07 Å². The van der Waals surface area contributed by atoms with Gasteiger partial charge >= 0.3 is 6.09 Å². The number of nitrogens with one attached hydrogen (secondary N) is 2. The van der Waals surface area contributed by atoms with Crippen LogP contribution in [0.1, 0.15) is 26.3 Å². The van der Waals surface area contributed by atoms with E-state index in [1.807, 2.05) is 35.7 Å². The Morgan fingerprint density at radius 3 is 2.72 bits per heavy atom. The van der Waals surface area contributed by atoms with Crippen molar-refractivity contribution in [1.29, 1.82) is 5.26 Å². The van der Waals surface area contributed by atoms with Crippen LogP contribution in [-0.2, 0) is 16.0 Å². The Bertz CT molecular complexity index is 802. The van der Waals surface area contributed by atoms with E-state index in [4.69, 9.17) is 10.00 Å². The van der Waals surface area contributed by atoms with Gasteiger partial charge < -0.3 is 15.4 Å². The maximum absolute atomic E-state index is 12.3. The maximum Gasteiger partial charge on any atom is 0.408 e. The van der Waals surface area contributed by atoms with Crippen molar-refractivity contribution in [2.24, 2.45) is 0 Å². The van der Waals surface area contributed by atoms with Gasteiger partial charge in [-0.2, -0.15) is 5.26 Å². The average molecular weight is 359 g/mol. The van der Waals surface area contributed by atoms with Crippen LogP contribution in [0.3, 0.4) is 0 Å². The maximum atomic E-state index is 12.3. The molecule has 0 saturated heterocycles. The molecular formula is C18H21N3O3S. The van der Waals surface area contributed by atoms with Crippen LogP contribution in [0.25, 0.3) is 10.1 Å². The lowest BCUT2D eigenvalue weighted by atomic mass is 10.0. The highest BCUT2D eigenvalue weighted by molar-refractivity contribution is 7.17. The van der Waals surface area contributed by atoms with Gasteiger partial charge in [-0.05, 0) is 43.2 Å². The summed E-state index contributed by atoms with van der Waals surface area (Å²) in [6.07, 6.45) is -0.343. The fraction of sp³-hybridized carbons (Fsp3) is 0.389. The first-order valence-corrected chi connectivity index (χ1v) is 8.77. The van der Waals surface area contributed by atoms with Crippen molar-refractivity contribution in [3.63, 3.8) is 0 Å². The molecule has 7 heteroatoms. The minimum atomic E-state index is -0.818. The van der Waals surface area contributed by atoms with E-state index in [9.17, 15) is 9.59 Å². The monoisotopic (exact) mass is 359 g/mol. The van der Waals surface area contributed by atoms with Gasteiger partial charge in [-0.25, -0.2) is 4.79 Å². The second-order valence-electron chi connectivity index (χ2n) is 6.54. The summed E-state index contributed by atoms with van der Waals surface area (Å²) < 4.78 is 6.35. The molecule has 2 N–H and O–H groups in total. The molecule has 2 rings (SSSR count). The van der Waals surface area contributed by atoms with Gasteiger partial charge in [0.2, 0.25) is 5.91 Å². The van der Waals surface area contributed by atoms with Crippen LogP contribution < -0.4 is 10.6 Å². The van der Waals surface area contributed by atoms with E-state index in [1.165, 1.54) is 0 Å². The number of ether oxygens (including phenoxy) is 1. The number of carbonyl (C=O) groups excluding carboxylic acids is 2. The van der Waals surface area contributed by atoms with Gasteiger partial charge in [-0.3, -0.25) is 4.79 Å². The summed E-state index contributed by atoms with van der Waals surface area (Å²) in [6, 6.07) is 8.93. The van der Waals surface area contributed by atoms with Gasteiger partial charge in [0.25, 0.3) is 0 Å². The third-order valence-corrected chi connectivity index (χ3v) is 4.35. The summed E-state index contributed by atoms with van der Waals surface area (Å²) >= 11 is 1.59. The van der Waals surface area contributed by atoms with Crippen molar-refractivity contribution >= 4 is 33.4 Å². The van der Waals surface area contributed by atoms with Crippen molar-refractivity contribution in [3.05, 3.63) is 35.2 Å². The Morgan fingerprint density at radius 2 is 2.04 bits per heavy atom. The summed E-state index contributed by atoms with van der Waals surface area (Å²) in [5.74, 6) is -0.414. The number of hydrogen-bond acceptors (Lipinski definition) is 5. The van der Waals surface area contributed by atoms with E-state index in [0.29, 0.717) is 6.42 Å². The number of nitrogens with zero attached hydrogens (tertiary/aromatic N) is 1. The second-order valence-corrected chi connectivity index (χ2v) is 7.45. The van der Waals surface area contributed by atoms with Gasteiger partial charge in [0.05, 0.1) is 6.07 Å². The number of hydrogen-bond donors (Lipinski definition) is 2. The van der Waals surface area contributed by atoms with Crippen LogP contribution in [0, 0.1) is 11.3 Å². The number of rotatable bonds is 5. The molecule has 0 radical (unpaired) electrons. The molecule has 1 atom stereocenters. The van der Waals surface area contributed by atoms with Gasteiger partial charge in [0, 0.05) is 11.1 Å². The second kappa shape index (κ2) is 7.99. The van der Waals surface area contributed by atoms with E-state index in [1.54, 1.807) is 32.1 Å². The smallest absolute Gasteiger partial charge is 0.408 e. The molecule has 0 saturated carbocycles. The van der Waals surface area contributed by atoms with Gasteiger partial charge in [-0.15, -0.1) is 11.3 Å². The molecule has 0 unspecified atom stereocenters. The lowest BCUT2D eigenvalue weighted by Crippen LogP contribution is -2.49. The van der Waals surface area contributed by atoms with E-state index in [-0.39, 0.29) is 6.54 Å². The molecule has 0 aliphatic heterocycles. The fourth-order valence-electron chi connectivity index (χ4n) is 2.32. The highest BCUT2D eigenvalue weighted by Crippen LogP contribution is 2.26. The van der Waals surface area contributed by atoms with Crippen molar-refractivity contribution in [2.75, 3.05) is 6.54 Å². The fourth-order valence-corrected chi connectivity index (χ4v) is 3.30. The molecule has 1 heterocycles. The third kappa shape index (κ3) is 5.47. The molecule has 0 fully saturated rings. The summed E-state index contributed by atoms with van der Waals surface area (Å²) in [4.78, 5) is 24.4. The molecule has 1 aromatic carbocycles. The first kappa shape index (κ1) is 18.7. The lowest BCUT2D eigenvalue weighted by molar-refractivity contribution is -0.122. The Morgan fingerprint density at radius 1 is 1.32 bits per heavy atom. The number of fused-ring (bicyclic) bond motifs is 1. The lowest BCUT2D eigenvalue weighted by Gasteiger charge is -2.23. The predicted molar refractivity (Wildman–Crippen MR) is 97.3 cm³/mol. The molecular weight excluding hydrogens is 338 g/mol. The molecule has 1 aromatic heterocycles. The number of alkyl carbamates (subject to hydrolysis) is 1. The standard InChI is InChI=1S/C18H21N3O3S/c1-18(2,3)24-17(23)21-14(16(22)20-9-8-19)10-12-11-25-15-7-5-4-6-13(12)15/h4-7,11,14H,9-10H2,1-3H3,(H,20,22)(H,21,23)/t14-/m0/s1. The van der Waals surface area contributed by atoms with Gasteiger partial charge in [-0.1, -0.05) is 18.2 Å². The van der Waals surface area contributed by atoms with Gasteiger partial charge in [0.1, 0.15) is 18.2 Å². The molecule has 0 aliphatic carbocycles. The van der Waals surface area contributed by atoms with Crippen LogP contribution in [0.5, 0.6) is 0 Å². The zero-order chi connectivity index (χ0) is 18.4. The number of benzene rings is 1. The summed E-state index contributed by atoms with van der Waals surface area (Å²) in [5, 5.41) is 16.8. The molecule has 0 aliphatic rings. The Balaban J connectivity index is 2.18. The normalized spacial score (nSPS) is 12.2. The van der Waals surface area contributed by atoms with Crippen molar-refractivity contribution in [2.45, 2.75) is 38.8 Å². The van der Waals surface area contributed by atoms with Crippen LogP contribution in [0.2, 0.25) is 0 Å². The van der Waals surface area contributed by atoms with Crippen molar-refractivity contribution in [1.82, 2.24) is 10.6 Å². The summed E-state index contributed by atoms with van der Waals surface area (Å²) in [5.41, 5.74) is 0.307. The molecule has 25 heavy (non-hydrogen) atoms. The Labute approximate surface area is 150 Å². The molecule has 2 aromatic rings. The quantitative estimate of drug-likeness (QED) is 0.803. The zero-order valence-corrected chi connectivity index (χ0v) is 15.3. The first-order chi connectivity index (χ1) is 11.8. The highest BCUT2D eigenvalue weighted by Gasteiger charge is 2.25. The van der Waals surface area contributed by atoms with Crippen LogP contribution in [-0.4, -0.2) is 30.2 Å². The van der Waals surface area contributed by atoms with Crippen LogP contribution >= 0.6 is 11.3 Å². The summed E-state index contributed by atoms with van der Waals surface area (Å²) in [6.45, 7) is 5.15. The van der Waals surface area contributed by atoms with E-state index < -0.39 is 23.6 Å². The highest BCUT2D eigenvalue weighted by atomic mass is 32.1. The largest absolute Gasteiger partial charge is 0.444 e.